The number of amides is 1. The van der Waals surface area contributed by atoms with Gasteiger partial charge in [-0.15, -0.1) is 0 Å². The van der Waals surface area contributed by atoms with Gasteiger partial charge in [-0.05, 0) is 36.8 Å². The summed E-state index contributed by atoms with van der Waals surface area (Å²) >= 11 is 0. The normalized spacial score (nSPS) is 11.3. The maximum atomic E-state index is 13.2. The molecule has 0 fully saturated rings. The zero-order valence-corrected chi connectivity index (χ0v) is 20.0. The molecule has 0 aliphatic heterocycles. The first kappa shape index (κ1) is 24.0. The van der Waals surface area contributed by atoms with Crippen molar-refractivity contribution in [2.24, 2.45) is 0 Å². The van der Waals surface area contributed by atoms with E-state index in [1.807, 2.05) is 6.07 Å². The van der Waals surface area contributed by atoms with E-state index in [4.69, 9.17) is 4.42 Å². The number of aryl methyl sites for hydroxylation is 1. The molecule has 2 aromatic carbocycles. The number of carbonyl (C=O) groups is 2. The van der Waals surface area contributed by atoms with E-state index >= 15 is 0 Å². The Morgan fingerprint density at radius 2 is 1.69 bits per heavy atom. The Morgan fingerprint density at radius 1 is 0.971 bits per heavy atom. The molecule has 2 heterocycles. The summed E-state index contributed by atoms with van der Waals surface area (Å²) in [6, 6.07) is 18.3. The van der Waals surface area contributed by atoms with Crippen LogP contribution >= 0.6 is 0 Å². The lowest BCUT2D eigenvalue weighted by molar-refractivity contribution is -0.115. The number of furan rings is 1. The molecule has 0 aliphatic carbocycles. The summed E-state index contributed by atoms with van der Waals surface area (Å²) in [5.74, 6) is 0.361. The van der Waals surface area contributed by atoms with Gasteiger partial charge in [-0.1, -0.05) is 49.4 Å². The smallest absolute Gasteiger partial charge is 0.231 e. The van der Waals surface area contributed by atoms with E-state index in [2.05, 4.69) is 15.3 Å². The van der Waals surface area contributed by atoms with Crippen molar-refractivity contribution in [3.05, 3.63) is 95.5 Å². The Kier molecular flexibility index (Phi) is 6.88. The minimum absolute atomic E-state index is 0.00176. The molecule has 35 heavy (non-hydrogen) atoms. The predicted molar refractivity (Wildman–Crippen MR) is 131 cm³/mol. The predicted octanol–water partition coefficient (Wildman–Crippen LogP) is 4.25. The van der Waals surface area contributed by atoms with E-state index in [1.54, 1.807) is 62.4 Å². The van der Waals surface area contributed by atoms with Gasteiger partial charge in [0.15, 0.2) is 9.84 Å². The molecule has 0 saturated heterocycles. The van der Waals surface area contributed by atoms with Gasteiger partial charge < -0.3 is 4.42 Å². The second kappa shape index (κ2) is 10.0. The van der Waals surface area contributed by atoms with Crippen molar-refractivity contribution in [2.45, 2.75) is 25.2 Å². The van der Waals surface area contributed by atoms with Gasteiger partial charge >= 0.3 is 0 Å². The Morgan fingerprint density at radius 3 is 2.31 bits per heavy atom. The molecule has 2 aromatic heterocycles. The zero-order valence-electron chi connectivity index (χ0n) is 19.2. The average Bonchev–Trinajstić information content (AvgIpc) is 3.30. The molecule has 0 unspecified atom stereocenters. The van der Waals surface area contributed by atoms with Crippen LogP contribution in [0.5, 0.6) is 0 Å². The van der Waals surface area contributed by atoms with Crippen LogP contribution in [0.15, 0.2) is 82.2 Å². The van der Waals surface area contributed by atoms with Crippen LogP contribution in [-0.4, -0.2) is 35.8 Å². The van der Waals surface area contributed by atoms with Crippen molar-refractivity contribution < 1.29 is 22.4 Å². The highest BCUT2D eigenvalue weighted by Gasteiger charge is 2.21. The maximum Gasteiger partial charge on any atom is 0.231 e. The number of hydrogen-bond donors (Lipinski definition) is 1. The first-order valence-corrected chi connectivity index (χ1v) is 12.6. The third kappa shape index (κ3) is 5.52. The molecule has 4 rings (SSSR count). The fourth-order valence-corrected chi connectivity index (χ4v) is 4.32. The van der Waals surface area contributed by atoms with E-state index in [9.17, 15) is 18.0 Å². The Balaban J connectivity index is 1.58. The van der Waals surface area contributed by atoms with Crippen molar-refractivity contribution in [1.29, 1.82) is 0 Å². The van der Waals surface area contributed by atoms with Gasteiger partial charge in [0.05, 0.1) is 22.6 Å². The van der Waals surface area contributed by atoms with Crippen molar-refractivity contribution in [1.82, 2.24) is 9.97 Å². The van der Waals surface area contributed by atoms with Gasteiger partial charge in [0.25, 0.3) is 0 Å². The molecule has 8 nitrogen and oxygen atoms in total. The third-order valence-electron chi connectivity index (χ3n) is 5.32. The van der Waals surface area contributed by atoms with Crippen LogP contribution in [0.25, 0.3) is 11.3 Å². The van der Waals surface area contributed by atoms with Crippen LogP contribution in [0.3, 0.4) is 0 Å². The minimum Gasteiger partial charge on any atom is -0.461 e. The summed E-state index contributed by atoms with van der Waals surface area (Å²) in [4.78, 5) is 34.6. The molecule has 178 valence electrons. The monoisotopic (exact) mass is 489 g/mol. The van der Waals surface area contributed by atoms with Gasteiger partial charge in [-0.3, -0.25) is 14.9 Å². The largest absolute Gasteiger partial charge is 0.461 e. The molecular weight excluding hydrogens is 466 g/mol. The second-order valence-corrected chi connectivity index (χ2v) is 10.1. The SMILES string of the molecule is CCS(=O)(=O)c1ccc(CC(=O)Nc2ncc(-c3ccc(C)o3)c(C(=O)c3ccccc3)n2)cc1. The quantitative estimate of drug-likeness (QED) is 0.367. The number of nitrogens with one attached hydrogen (secondary N) is 1. The number of hydrogen-bond acceptors (Lipinski definition) is 7. The van der Waals surface area contributed by atoms with Crippen LogP contribution < -0.4 is 5.32 Å². The van der Waals surface area contributed by atoms with E-state index in [0.29, 0.717) is 28.2 Å². The van der Waals surface area contributed by atoms with E-state index in [-0.39, 0.29) is 34.5 Å². The number of anilines is 1. The number of ketones is 1. The van der Waals surface area contributed by atoms with Crippen LogP contribution in [0.1, 0.15) is 34.3 Å². The first-order valence-electron chi connectivity index (χ1n) is 10.9. The van der Waals surface area contributed by atoms with Crippen molar-refractivity contribution in [3.63, 3.8) is 0 Å². The zero-order chi connectivity index (χ0) is 25.0. The molecule has 0 spiro atoms. The summed E-state index contributed by atoms with van der Waals surface area (Å²) in [5, 5.41) is 2.61. The molecule has 4 aromatic rings. The van der Waals surface area contributed by atoms with Crippen LogP contribution in [0.2, 0.25) is 0 Å². The Labute approximate surface area is 203 Å². The van der Waals surface area contributed by atoms with Crippen molar-refractivity contribution in [2.75, 3.05) is 11.1 Å². The van der Waals surface area contributed by atoms with Crippen LogP contribution in [0, 0.1) is 6.92 Å². The lowest BCUT2D eigenvalue weighted by Crippen LogP contribution is -2.18. The molecule has 0 aliphatic rings. The van der Waals surface area contributed by atoms with Crippen LogP contribution in [-0.2, 0) is 21.1 Å². The number of sulfone groups is 1. The van der Waals surface area contributed by atoms with Gasteiger partial charge in [-0.25, -0.2) is 18.4 Å². The summed E-state index contributed by atoms with van der Waals surface area (Å²) in [6.07, 6.45) is 1.43. The molecule has 0 atom stereocenters. The molecule has 1 N–H and O–H groups in total. The summed E-state index contributed by atoms with van der Waals surface area (Å²) in [6.45, 7) is 3.37. The van der Waals surface area contributed by atoms with Gasteiger partial charge in [0.2, 0.25) is 17.6 Å². The molecule has 1 amide bonds. The highest BCUT2D eigenvalue weighted by atomic mass is 32.2. The highest BCUT2D eigenvalue weighted by Crippen LogP contribution is 2.27. The van der Waals surface area contributed by atoms with Crippen molar-refractivity contribution in [3.8, 4) is 11.3 Å². The molecule has 0 bridgehead atoms. The van der Waals surface area contributed by atoms with Crippen LogP contribution in [0.4, 0.5) is 5.95 Å². The Hall–Kier alpha value is -4.11. The number of carbonyl (C=O) groups excluding carboxylic acids is 2. The number of rotatable bonds is 8. The number of benzene rings is 2. The van der Waals surface area contributed by atoms with E-state index in [1.165, 1.54) is 18.3 Å². The molecule has 0 saturated carbocycles. The van der Waals surface area contributed by atoms with Gasteiger partial charge in [0, 0.05) is 11.8 Å². The van der Waals surface area contributed by atoms with Crippen molar-refractivity contribution >= 4 is 27.5 Å². The summed E-state index contributed by atoms with van der Waals surface area (Å²) in [7, 11) is -3.31. The standard InChI is InChI=1S/C26H23N3O5S/c1-3-35(32,33)20-12-10-18(11-13-20)15-23(30)28-26-27-16-21(22-14-9-17(2)34-22)24(29-26)25(31)19-7-5-4-6-8-19/h4-14,16H,3,15H2,1-2H3,(H,27,28,29,30). The summed E-state index contributed by atoms with van der Waals surface area (Å²) in [5.41, 5.74) is 1.58. The molecule has 0 radical (unpaired) electrons. The molecule has 9 heteroatoms. The van der Waals surface area contributed by atoms with E-state index < -0.39 is 15.7 Å². The maximum absolute atomic E-state index is 13.2. The highest BCUT2D eigenvalue weighted by molar-refractivity contribution is 7.91. The van der Waals surface area contributed by atoms with E-state index in [0.717, 1.165) is 0 Å². The number of aromatic nitrogens is 2. The average molecular weight is 490 g/mol. The fourth-order valence-electron chi connectivity index (χ4n) is 3.44. The third-order valence-corrected chi connectivity index (χ3v) is 7.07. The topological polar surface area (TPSA) is 119 Å². The lowest BCUT2D eigenvalue weighted by Gasteiger charge is -2.10. The lowest BCUT2D eigenvalue weighted by atomic mass is 10.0. The number of nitrogens with zero attached hydrogens (tertiary/aromatic N) is 2. The van der Waals surface area contributed by atoms with Gasteiger partial charge in [-0.2, -0.15) is 0 Å². The molecular formula is C26H23N3O5S. The van der Waals surface area contributed by atoms with Gasteiger partial charge in [0.1, 0.15) is 17.2 Å². The fraction of sp³-hybridized carbons (Fsp3) is 0.154. The first-order chi connectivity index (χ1) is 16.8. The minimum atomic E-state index is -3.31. The second-order valence-electron chi connectivity index (χ2n) is 7.83. The summed E-state index contributed by atoms with van der Waals surface area (Å²) < 4.78 is 29.6. The Bertz CT molecular complexity index is 1480.